The van der Waals surface area contributed by atoms with Crippen LogP contribution in [0.15, 0.2) is 24.3 Å². The van der Waals surface area contributed by atoms with E-state index in [-0.39, 0.29) is 18.8 Å². The average Bonchev–Trinajstić information content (AvgIpc) is 2.20. The summed E-state index contributed by atoms with van der Waals surface area (Å²) in [6, 6.07) is 5.93. The molecule has 5 heteroatoms. The summed E-state index contributed by atoms with van der Waals surface area (Å²) in [6.45, 7) is 1.44. The standard InChI is InChI=1S/C11H14FNO3/c1-11(13,10(14)15)6-7-16-9-5-3-2-4-8(9)12/h2-5H,6-7,13H2,1H3,(H,14,15). The van der Waals surface area contributed by atoms with Crippen LogP contribution in [0.3, 0.4) is 0 Å². The van der Waals surface area contributed by atoms with Crippen molar-refractivity contribution in [2.24, 2.45) is 5.73 Å². The SMILES string of the molecule is CC(N)(CCOc1ccccc1F)C(=O)O. The molecule has 1 unspecified atom stereocenters. The molecule has 0 aliphatic rings. The second kappa shape index (κ2) is 4.94. The second-order valence-electron chi connectivity index (χ2n) is 3.75. The molecule has 0 aliphatic carbocycles. The normalized spacial score (nSPS) is 14.2. The van der Waals surface area contributed by atoms with E-state index in [1.54, 1.807) is 12.1 Å². The molecule has 4 nitrogen and oxygen atoms in total. The molecule has 1 rings (SSSR count). The van der Waals surface area contributed by atoms with E-state index in [1.165, 1.54) is 19.1 Å². The van der Waals surface area contributed by atoms with Crippen LogP contribution in [-0.2, 0) is 4.79 Å². The van der Waals surface area contributed by atoms with Gasteiger partial charge in [-0.25, -0.2) is 4.39 Å². The summed E-state index contributed by atoms with van der Waals surface area (Å²) >= 11 is 0. The van der Waals surface area contributed by atoms with Crippen LogP contribution < -0.4 is 10.5 Å². The van der Waals surface area contributed by atoms with Crippen LogP contribution >= 0.6 is 0 Å². The Kier molecular flexibility index (Phi) is 3.84. The molecule has 0 fully saturated rings. The van der Waals surface area contributed by atoms with E-state index in [0.29, 0.717) is 0 Å². The predicted molar refractivity (Wildman–Crippen MR) is 56.7 cm³/mol. The molecule has 0 amide bonds. The van der Waals surface area contributed by atoms with Crippen molar-refractivity contribution < 1.29 is 19.0 Å². The van der Waals surface area contributed by atoms with Gasteiger partial charge in [-0.05, 0) is 19.1 Å². The summed E-state index contributed by atoms with van der Waals surface area (Å²) in [7, 11) is 0. The number of ether oxygens (including phenoxy) is 1. The monoisotopic (exact) mass is 227 g/mol. The first-order chi connectivity index (χ1) is 7.43. The number of para-hydroxylation sites is 1. The van der Waals surface area contributed by atoms with Crippen molar-refractivity contribution in [2.75, 3.05) is 6.61 Å². The van der Waals surface area contributed by atoms with Crippen LogP contribution in [0.4, 0.5) is 4.39 Å². The number of benzene rings is 1. The highest BCUT2D eigenvalue weighted by Gasteiger charge is 2.27. The van der Waals surface area contributed by atoms with Crippen LogP contribution in [0.25, 0.3) is 0 Å². The summed E-state index contributed by atoms with van der Waals surface area (Å²) in [5.74, 6) is -1.48. The molecule has 0 heterocycles. The second-order valence-corrected chi connectivity index (χ2v) is 3.75. The zero-order valence-electron chi connectivity index (χ0n) is 8.94. The number of hydrogen-bond acceptors (Lipinski definition) is 3. The van der Waals surface area contributed by atoms with Gasteiger partial charge in [0, 0.05) is 6.42 Å². The lowest BCUT2D eigenvalue weighted by Crippen LogP contribution is -2.45. The highest BCUT2D eigenvalue weighted by atomic mass is 19.1. The summed E-state index contributed by atoms with van der Waals surface area (Å²) in [5.41, 5.74) is 4.13. The molecule has 88 valence electrons. The first-order valence-electron chi connectivity index (χ1n) is 4.83. The number of nitrogens with two attached hydrogens (primary N) is 1. The number of carboxylic acid groups (broad SMARTS) is 1. The van der Waals surface area contributed by atoms with E-state index in [9.17, 15) is 9.18 Å². The lowest BCUT2D eigenvalue weighted by atomic mass is 10.0. The fourth-order valence-corrected chi connectivity index (χ4v) is 1.04. The Morgan fingerprint density at radius 3 is 2.75 bits per heavy atom. The highest BCUT2D eigenvalue weighted by molar-refractivity contribution is 5.77. The Morgan fingerprint density at radius 2 is 2.19 bits per heavy atom. The summed E-state index contributed by atoms with van der Waals surface area (Å²) in [6.07, 6.45) is 0.108. The first kappa shape index (κ1) is 12.4. The predicted octanol–water partition coefficient (Wildman–Crippen LogP) is 1.40. The van der Waals surface area contributed by atoms with Gasteiger partial charge in [0.2, 0.25) is 0 Å². The Hall–Kier alpha value is -1.62. The highest BCUT2D eigenvalue weighted by Crippen LogP contribution is 2.16. The molecule has 0 saturated heterocycles. The molecule has 0 spiro atoms. The molecule has 1 atom stereocenters. The quantitative estimate of drug-likeness (QED) is 0.797. The third-order valence-corrected chi connectivity index (χ3v) is 2.20. The minimum Gasteiger partial charge on any atom is -0.490 e. The lowest BCUT2D eigenvalue weighted by Gasteiger charge is -2.19. The number of carbonyl (C=O) groups is 1. The van der Waals surface area contributed by atoms with Gasteiger partial charge in [0.15, 0.2) is 11.6 Å². The van der Waals surface area contributed by atoms with E-state index in [0.717, 1.165) is 0 Å². The van der Waals surface area contributed by atoms with E-state index in [4.69, 9.17) is 15.6 Å². The van der Waals surface area contributed by atoms with Crippen molar-refractivity contribution in [1.29, 1.82) is 0 Å². The zero-order chi connectivity index (χ0) is 12.2. The number of carboxylic acids is 1. The molecule has 0 aliphatic heterocycles. The average molecular weight is 227 g/mol. The molecule has 1 aromatic carbocycles. The van der Waals surface area contributed by atoms with Crippen molar-refractivity contribution in [2.45, 2.75) is 18.9 Å². The fraction of sp³-hybridized carbons (Fsp3) is 0.364. The first-order valence-corrected chi connectivity index (χ1v) is 4.83. The van der Waals surface area contributed by atoms with Crippen molar-refractivity contribution in [3.8, 4) is 5.75 Å². The molecular weight excluding hydrogens is 213 g/mol. The molecule has 0 aromatic heterocycles. The van der Waals surface area contributed by atoms with Crippen LogP contribution in [0.1, 0.15) is 13.3 Å². The Bertz CT molecular complexity index is 379. The Balaban J connectivity index is 2.48. The number of aliphatic carboxylic acids is 1. The van der Waals surface area contributed by atoms with Crippen molar-refractivity contribution >= 4 is 5.97 Å². The van der Waals surface area contributed by atoms with E-state index in [1.807, 2.05) is 0 Å². The molecule has 0 bridgehead atoms. The molecule has 1 aromatic rings. The van der Waals surface area contributed by atoms with Crippen LogP contribution in [0, 0.1) is 5.82 Å². The van der Waals surface area contributed by atoms with Gasteiger partial charge in [0.25, 0.3) is 0 Å². The summed E-state index contributed by atoms with van der Waals surface area (Å²) < 4.78 is 18.2. The number of halogens is 1. The number of hydrogen-bond donors (Lipinski definition) is 2. The molecular formula is C11H14FNO3. The van der Waals surface area contributed by atoms with E-state index in [2.05, 4.69) is 0 Å². The third kappa shape index (κ3) is 3.20. The van der Waals surface area contributed by atoms with Gasteiger partial charge in [-0.1, -0.05) is 12.1 Å². The van der Waals surface area contributed by atoms with Gasteiger partial charge >= 0.3 is 5.97 Å². The number of rotatable bonds is 5. The fourth-order valence-electron chi connectivity index (χ4n) is 1.04. The van der Waals surface area contributed by atoms with Crippen molar-refractivity contribution in [3.63, 3.8) is 0 Å². The third-order valence-electron chi connectivity index (χ3n) is 2.20. The summed E-state index contributed by atoms with van der Waals surface area (Å²) in [5, 5.41) is 8.74. The van der Waals surface area contributed by atoms with E-state index < -0.39 is 17.3 Å². The van der Waals surface area contributed by atoms with E-state index >= 15 is 0 Å². The molecule has 0 saturated carbocycles. The van der Waals surface area contributed by atoms with Crippen LogP contribution in [-0.4, -0.2) is 23.2 Å². The minimum atomic E-state index is -1.36. The van der Waals surface area contributed by atoms with Gasteiger partial charge in [0.1, 0.15) is 5.54 Å². The zero-order valence-corrected chi connectivity index (χ0v) is 8.94. The van der Waals surface area contributed by atoms with Gasteiger partial charge in [0.05, 0.1) is 6.61 Å². The molecule has 0 radical (unpaired) electrons. The summed E-state index contributed by atoms with van der Waals surface area (Å²) in [4.78, 5) is 10.7. The largest absolute Gasteiger partial charge is 0.490 e. The van der Waals surface area contributed by atoms with Gasteiger partial charge in [-0.15, -0.1) is 0 Å². The maximum Gasteiger partial charge on any atom is 0.323 e. The lowest BCUT2D eigenvalue weighted by molar-refractivity contribution is -0.143. The van der Waals surface area contributed by atoms with Crippen molar-refractivity contribution in [1.82, 2.24) is 0 Å². The Morgan fingerprint density at radius 1 is 1.56 bits per heavy atom. The van der Waals surface area contributed by atoms with Crippen molar-refractivity contribution in [3.05, 3.63) is 30.1 Å². The van der Waals surface area contributed by atoms with Crippen LogP contribution in [0.2, 0.25) is 0 Å². The smallest absolute Gasteiger partial charge is 0.323 e. The van der Waals surface area contributed by atoms with Gasteiger partial charge in [-0.2, -0.15) is 0 Å². The molecule has 16 heavy (non-hydrogen) atoms. The maximum atomic E-state index is 13.1. The minimum absolute atomic E-state index is 0.0558. The van der Waals surface area contributed by atoms with Gasteiger partial charge < -0.3 is 15.6 Å². The topological polar surface area (TPSA) is 72.5 Å². The van der Waals surface area contributed by atoms with Gasteiger partial charge in [-0.3, -0.25) is 4.79 Å². The Labute approximate surface area is 92.8 Å². The molecule has 3 N–H and O–H groups in total. The maximum absolute atomic E-state index is 13.1. The van der Waals surface area contributed by atoms with Crippen LogP contribution in [0.5, 0.6) is 5.75 Å².